The molecule has 4 bridgehead atoms. The van der Waals surface area contributed by atoms with E-state index in [1.54, 1.807) is 0 Å². The molecule has 6 rings (SSSR count). The summed E-state index contributed by atoms with van der Waals surface area (Å²) in [6, 6.07) is 0. The largest absolute Gasteiger partial charge is 0.391 e. The quantitative estimate of drug-likeness (QED) is 0.404. The van der Waals surface area contributed by atoms with Crippen molar-refractivity contribution in [2.24, 2.45) is 39.9 Å². The number of allylic oxidation sites excluding steroid dienone is 1. The van der Waals surface area contributed by atoms with Crippen LogP contribution in [0.4, 0.5) is 0 Å². The molecule has 0 radical (unpaired) electrons. The summed E-state index contributed by atoms with van der Waals surface area (Å²) in [5.74, 6) is -2.56. The molecule has 2 aliphatic heterocycles. The van der Waals surface area contributed by atoms with Crippen molar-refractivity contribution >= 4 is 11.7 Å². The van der Waals surface area contributed by atoms with E-state index in [-0.39, 0.29) is 47.9 Å². The van der Waals surface area contributed by atoms with Crippen molar-refractivity contribution in [3.8, 4) is 0 Å². The highest BCUT2D eigenvalue weighted by Gasteiger charge is 2.86. The van der Waals surface area contributed by atoms with E-state index in [0.29, 0.717) is 31.1 Å². The molecule has 2 saturated heterocycles. The van der Waals surface area contributed by atoms with Crippen LogP contribution in [0.15, 0.2) is 24.3 Å². The van der Waals surface area contributed by atoms with Gasteiger partial charge in [0.05, 0.1) is 25.7 Å². The van der Waals surface area contributed by atoms with Crippen LogP contribution in [0, 0.1) is 39.9 Å². The van der Waals surface area contributed by atoms with Gasteiger partial charge in [-0.1, -0.05) is 46.4 Å². The molecule has 34 heavy (non-hydrogen) atoms. The van der Waals surface area contributed by atoms with Gasteiger partial charge < -0.3 is 25.0 Å². The van der Waals surface area contributed by atoms with E-state index < -0.39 is 28.8 Å². The third-order valence-electron chi connectivity index (χ3n) is 9.59. The second-order valence-electron chi connectivity index (χ2n) is 12.3. The number of fused-ring (bicyclic) bond motifs is 2. The van der Waals surface area contributed by atoms with E-state index in [1.165, 1.54) is 0 Å². The maximum absolute atomic E-state index is 14.0. The zero-order valence-corrected chi connectivity index (χ0v) is 20.8. The van der Waals surface area contributed by atoms with E-state index in [9.17, 15) is 19.8 Å². The molecule has 3 saturated carbocycles. The molecular weight excluding hydrogens is 434 g/mol. The molecule has 5 fully saturated rings. The van der Waals surface area contributed by atoms with Gasteiger partial charge in [-0.05, 0) is 42.1 Å². The van der Waals surface area contributed by atoms with Gasteiger partial charge in [0, 0.05) is 23.8 Å². The zero-order chi connectivity index (χ0) is 24.7. The van der Waals surface area contributed by atoms with Gasteiger partial charge in [-0.2, -0.15) is 0 Å². The summed E-state index contributed by atoms with van der Waals surface area (Å²) in [6.07, 6.45) is 4.43. The predicted molar refractivity (Wildman–Crippen MR) is 125 cm³/mol. The number of nitrogens with one attached hydrogen (secondary N) is 1. The monoisotopic (exact) mass is 473 g/mol. The molecule has 0 unspecified atom stereocenters. The standard InChI is InChI=1S/C27H39NO6/c1-15(2)13-28-19(29)9-12-33-27-23(32)20-24(4,5)10-6-11-25(20,14-34-27)18-8-7-17-16(3)21(30)26(18,27)22(17)31/h6,11,15,17-18,20,22-23,31-32H,3,7-10,12-14H2,1-2,4-5H3,(H,28,29)/t17-,18-,20+,22+,23-,25+,26-,27+/m0/s1. The van der Waals surface area contributed by atoms with Gasteiger partial charge in [0.25, 0.3) is 0 Å². The van der Waals surface area contributed by atoms with Crippen LogP contribution in [-0.4, -0.2) is 59.7 Å². The molecule has 8 atom stereocenters. The number of carbonyl (C=O) groups is 2. The van der Waals surface area contributed by atoms with Crippen LogP contribution in [0.25, 0.3) is 0 Å². The van der Waals surface area contributed by atoms with Crippen LogP contribution in [-0.2, 0) is 19.1 Å². The summed E-state index contributed by atoms with van der Waals surface area (Å²) in [4.78, 5) is 26.4. The number of hydrogen-bond donors (Lipinski definition) is 3. The molecule has 1 amide bonds. The van der Waals surface area contributed by atoms with Gasteiger partial charge >= 0.3 is 0 Å². The molecule has 7 heteroatoms. The number of carbonyl (C=O) groups excluding carboxylic acids is 2. The number of ketones is 1. The summed E-state index contributed by atoms with van der Waals surface area (Å²) >= 11 is 0. The minimum absolute atomic E-state index is 0.0113. The van der Waals surface area contributed by atoms with Crippen molar-refractivity contribution in [1.82, 2.24) is 5.32 Å². The lowest BCUT2D eigenvalue weighted by atomic mass is 9.37. The smallest absolute Gasteiger partial charge is 0.222 e. The van der Waals surface area contributed by atoms with Gasteiger partial charge in [-0.3, -0.25) is 9.59 Å². The van der Waals surface area contributed by atoms with Gasteiger partial charge in [-0.15, -0.1) is 0 Å². The lowest BCUT2D eigenvalue weighted by Crippen LogP contribution is -2.83. The number of Topliss-reactive ketones (excluding diaryl/α,β-unsaturated/α-hetero) is 1. The van der Waals surface area contributed by atoms with Crippen LogP contribution < -0.4 is 5.32 Å². The summed E-state index contributed by atoms with van der Waals surface area (Å²) in [5.41, 5.74) is -1.83. The molecular formula is C27H39NO6. The van der Waals surface area contributed by atoms with Crippen LogP contribution in [0.2, 0.25) is 0 Å². The summed E-state index contributed by atoms with van der Waals surface area (Å²) in [7, 11) is 0. The summed E-state index contributed by atoms with van der Waals surface area (Å²) in [6.45, 7) is 13.3. The second kappa shape index (κ2) is 7.73. The number of hydrogen-bond acceptors (Lipinski definition) is 6. The lowest BCUT2D eigenvalue weighted by Gasteiger charge is -2.73. The topological polar surface area (TPSA) is 105 Å². The third-order valence-corrected chi connectivity index (χ3v) is 9.59. The van der Waals surface area contributed by atoms with Crippen molar-refractivity contribution in [3.63, 3.8) is 0 Å². The Morgan fingerprint density at radius 3 is 2.74 bits per heavy atom. The molecule has 7 nitrogen and oxygen atoms in total. The van der Waals surface area contributed by atoms with Crippen molar-refractivity contribution in [2.45, 2.75) is 71.4 Å². The SMILES string of the molecule is C=C1C(=O)[C@]23[C@H](O)[C@H]1CC[C@H]2[C@]12C=CCC(C)(C)[C@H]1[C@H](O)[C@@]3(OCCC(=O)NCC(C)C)OC2. The van der Waals surface area contributed by atoms with Crippen LogP contribution in [0.3, 0.4) is 0 Å². The Morgan fingerprint density at radius 2 is 2.03 bits per heavy atom. The van der Waals surface area contributed by atoms with Crippen LogP contribution >= 0.6 is 0 Å². The molecule has 6 aliphatic rings. The second-order valence-corrected chi connectivity index (χ2v) is 12.3. The van der Waals surface area contributed by atoms with Crippen molar-refractivity contribution < 1.29 is 29.3 Å². The first-order valence-corrected chi connectivity index (χ1v) is 12.8. The molecule has 0 aromatic carbocycles. The Hall–Kier alpha value is -1.54. The normalized spacial score (nSPS) is 45.9. The summed E-state index contributed by atoms with van der Waals surface area (Å²) in [5, 5.41) is 26.5. The summed E-state index contributed by atoms with van der Waals surface area (Å²) < 4.78 is 12.8. The van der Waals surface area contributed by atoms with Gasteiger partial charge in [0.2, 0.25) is 11.7 Å². The van der Waals surface area contributed by atoms with E-state index in [1.807, 2.05) is 13.8 Å². The molecule has 0 aromatic rings. The fourth-order valence-electron chi connectivity index (χ4n) is 8.33. The van der Waals surface area contributed by atoms with Gasteiger partial charge in [-0.25, -0.2) is 0 Å². The first-order valence-electron chi connectivity index (χ1n) is 12.8. The fraction of sp³-hybridized carbons (Fsp3) is 0.778. The molecule has 188 valence electrons. The van der Waals surface area contributed by atoms with Gasteiger partial charge in [0.1, 0.15) is 11.5 Å². The fourth-order valence-corrected chi connectivity index (χ4v) is 8.33. The number of aliphatic hydroxyl groups is 2. The van der Waals surface area contributed by atoms with Crippen LogP contribution in [0.5, 0.6) is 0 Å². The Bertz CT molecular complexity index is 941. The highest BCUT2D eigenvalue weighted by atomic mass is 16.7. The van der Waals surface area contributed by atoms with Crippen LogP contribution in [0.1, 0.15) is 53.4 Å². The maximum atomic E-state index is 14.0. The average Bonchev–Trinajstić information content (AvgIpc) is 2.87. The number of ether oxygens (including phenoxy) is 2. The number of rotatable bonds is 6. The first kappa shape index (κ1) is 24.2. The maximum Gasteiger partial charge on any atom is 0.222 e. The molecule has 4 aliphatic carbocycles. The molecule has 2 heterocycles. The number of aliphatic hydroxyl groups excluding tert-OH is 2. The highest BCUT2D eigenvalue weighted by Crippen LogP contribution is 2.76. The average molecular weight is 474 g/mol. The van der Waals surface area contributed by atoms with Crippen molar-refractivity contribution in [2.75, 3.05) is 19.8 Å². The Labute approximate surface area is 202 Å². The number of amides is 1. The highest BCUT2D eigenvalue weighted by molar-refractivity contribution is 6.05. The molecule has 2 spiro atoms. The minimum Gasteiger partial charge on any atom is -0.391 e. The van der Waals surface area contributed by atoms with Crippen molar-refractivity contribution in [3.05, 3.63) is 24.3 Å². The molecule has 3 N–H and O–H groups in total. The lowest BCUT2D eigenvalue weighted by molar-refractivity contribution is -0.447. The Kier molecular flexibility index (Phi) is 5.49. The zero-order valence-electron chi connectivity index (χ0n) is 20.8. The minimum atomic E-state index is -1.71. The third kappa shape index (κ3) is 2.78. The van der Waals surface area contributed by atoms with Crippen molar-refractivity contribution in [1.29, 1.82) is 0 Å². The van der Waals surface area contributed by atoms with E-state index in [2.05, 4.69) is 37.9 Å². The van der Waals surface area contributed by atoms with E-state index in [0.717, 1.165) is 12.8 Å². The Balaban J connectivity index is 1.57. The predicted octanol–water partition coefficient (Wildman–Crippen LogP) is 2.37. The van der Waals surface area contributed by atoms with Gasteiger partial charge in [0.15, 0.2) is 5.78 Å². The first-order chi connectivity index (χ1) is 16.0. The van der Waals surface area contributed by atoms with E-state index >= 15 is 0 Å². The van der Waals surface area contributed by atoms with E-state index in [4.69, 9.17) is 9.47 Å². The Morgan fingerprint density at radius 1 is 1.29 bits per heavy atom. The molecule has 0 aromatic heterocycles.